The minimum Gasteiger partial charge on any atom is -0.480 e. The Morgan fingerprint density at radius 3 is 2.71 bits per heavy atom. The number of benzene rings is 1. The molecule has 1 saturated carbocycles. The van der Waals surface area contributed by atoms with Crippen molar-refractivity contribution in [2.75, 3.05) is 0 Å². The van der Waals surface area contributed by atoms with E-state index >= 15 is 0 Å². The van der Waals surface area contributed by atoms with Crippen molar-refractivity contribution in [2.45, 2.75) is 44.2 Å². The molecule has 0 unspecified atom stereocenters. The number of carboxylic acid groups (broad SMARTS) is 1. The van der Waals surface area contributed by atoms with Crippen LogP contribution in [-0.2, 0) is 4.79 Å². The van der Waals surface area contributed by atoms with Gasteiger partial charge in [-0.1, -0.05) is 18.9 Å². The summed E-state index contributed by atoms with van der Waals surface area (Å²) in [7, 11) is 0. The van der Waals surface area contributed by atoms with Gasteiger partial charge >= 0.3 is 5.97 Å². The van der Waals surface area contributed by atoms with Gasteiger partial charge in [0.05, 0.1) is 0 Å². The Labute approximate surface area is 122 Å². The summed E-state index contributed by atoms with van der Waals surface area (Å²) in [6.45, 7) is 0. The molecule has 5 heteroatoms. The SMILES string of the molecule is O=C(O)[C@@H]1C[C@H]2CCCC[C@@H]2N1C(=O)c1cccc(F)c1. The normalized spacial score (nSPS) is 28.2. The Balaban J connectivity index is 1.92. The molecule has 1 saturated heterocycles. The van der Waals surface area contributed by atoms with Crippen molar-refractivity contribution in [2.24, 2.45) is 5.92 Å². The van der Waals surface area contributed by atoms with E-state index in [0.717, 1.165) is 25.7 Å². The highest BCUT2D eigenvalue weighted by Gasteiger charge is 2.47. The van der Waals surface area contributed by atoms with E-state index in [-0.39, 0.29) is 23.4 Å². The van der Waals surface area contributed by atoms with Crippen LogP contribution in [0.1, 0.15) is 42.5 Å². The van der Waals surface area contributed by atoms with Gasteiger partial charge in [-0.05, 0) is 43.4 Å². The highest BCUT2D eigenvalue weighted by atomic mass is 19.1. The average Bonchev–Trinajstić information content (AvgIpc) is 2.86. The second-order valence-electron chi connectivity index (χ2n) is 5.92. The summed E-state index contributed by atoms with van der Waals surface area (Å²) in [4.78, 5) is 25.6. The van der Waals surface area contributed by atoms with Crippen LogP contribution in [0.2, 0.25) is 0 Å². The first-order valence-electron chi connectivity index (χ1n) is 7.39. The lowest BCUT2D eigenvalue weighted by Crippen LogP contribution is -2.46. The summed E-state index contributed by atoms with van der Waals surface area (Å²) >= 11 is 0. The highest BCUT2D eigenvalue weighted by Crippen LogP contribution is 2.40. The van der Waals surface area contributed by atoms with Crippen molar-refractivity contribution in [3.63, 3.8) is 0 Å². The number of hydrogen-bond acceptors (Lipinski definition) is 2. The second kappa shape index (κ2) is 5.47. The number of fused-ring (bicyclic) bond motifs is 1. The number of likely N-dealkylation sites (tertiary alicyclic amines) is 1. The zero-order chi connectivity index (χ0) is 15.0. The summed E-state index contributed by atoms with van der Waals surface area (Å²) in [5, 5.41) is 9.41. The van der Waals surface area contributed by atoms with Gasteiger partial charge in [-0.15, -0.1) is 0 Å². The Morgan fingerprint density at radius 1 is 1.24 bits per heavy atom. The summed E-state index contributed by atoms with van der Waals surface area (Å²) in [5.41, 5.74) is 0.229. The molecule has 2 fully saturated rings. The topological polar surface area (TPSA) is 57.6 Å². The number of aliphatic carboxylic acids is 1. The molecule has 2 aliphatic rings. The largest absolute Gasteiger partial charge is 0.480 e. The molecule has 3 atom stereocenters. The van der Waals surface area contributed by atoms with Crippen LogP contribution in [0.4, 0.5) is 4.39 Å². The molecule has 1 aliphatic carbocycles. The van der Waals surface area contributed by atoms with Crippen LogP contribution < -0.4 is 0 Å². The molecule has 1 aromatic rings. The average molecular weight is 291 g/mol. The van der Waals surface area contributed by atoms with Crippen LogP contribution in [0.25, 0.3) is 0 Å². The number of hydrogen-bond donors (Lipinski definition) is 1. The fraction of sp³-hybridized carbons (Fsp3) is 0.500. The molecule has 3 rings (SSSR count). The van der Waals surface area contributed by atoms with E-state index in [1.54, 1.807) is 6.07 Å². The third-order valence-electron chi connectivity index (χ3n) is 4.68. The van der Waals surface area contributed by atoms with Gasteiger partial charge in [0.25, 0.3) is 5.91 Å². The first-order valence-corrected chi connectivity index (χ1v) is 7.39. The van der Waals surface area contributed by atoms with Crippen molar-refractivity contribution >= 4 is 11.9 Å². The number of carbonyl (C=O) groups is 2. The van der Waals surface area contributed by atoms with Crippen molar-refractivity contribution in [3.8, 4) is 0 Å². The molecular weight excluding hydrogens is 273 g/mol. The van der Waals surface area contributed by atoms with Gasteiger partial charge in [0.2, 0.25) is 0 Å². The molecule has 1 aromatic carbocycles. The molecule has 4 nitrogen and oxygen atoms in total. The Morgan fingerprint density at radius 2 is 2.00 bits per heavy atom. The maximum atomic E-state index is 13.3. The van der Waals surface area contributed by atoms with Crippen LogP contribution in [0.5, 0.6) is 0 Å². The Bertz CT molecular complexity index is 574. The molecule has 0 bridgehead atoms. The smallest absolute Gasteiger partial charge is 0.326 e. The zero-order valence-corrected chi connectivity index (χ0v) is 11.7. The van der Waals surface area contributed by atoms with E-state index in [4.69, 9.17) is 0 Å². The van der Waals surface area contributed by atoms with Gasteiger partial charge in [-0.2, -0.15) is 0 Å². The quantitative estimate of drug-likeness (QED) is 0.911. The molecule has 0 spiro atoms. The minimum atomic E-state index is -0.964. The molecule has 21 heavy (non-hydrogen) atoms. The van der Waals surface area contributed by atoms with E-state index < -0.39 is 17.8 Å². The summed E-state index contributed by atoms with van der Waals surface area (Å²) in [6, 6.07) is 4.67. The van der Waals surface area contributed by atoms with Gasteiger partial charge in [0.15, 0.2) is 0 Å². The summed E-state index contributed by atoms with van der Waals surface area (Å²) in [5.74, 6) is -1.55. The monoisotopic (exact) mass is 291 g/mol. The lowest BCUT2D eigenvalue weighted by Gasteiger charge is -2.33. The Kier molecular flexibility index (Phi) is 3.66. The first-order chi connectivity index (χ1) is 10.1. The van der Waals surface area contributed by atoms with E-state index in [1.165, 1.54) is 23.1 Å². The highest BCUT2D eigenvalue weighted by molar-refractivity contribution is 5.97. The number of carbonyl (C=O) groups excluding carboxylic acids is 1. The predicted octanol–water partition coefficient (Wildman–Crippen LogP) is 2.68. The summed E-state index contributed by atoms with van der Waals surface area (Å²) < 4.78 is 13.3. The number of carboxylic acids is 1. The molecule has 1 N–H and O–H groups in total. The van der Waals surface area contributed by atoms with Crippen molar-refractivity contribution in [3.05, 3.63) is 35.6 Å². The zero-order valence-electron chi connectivity index (χ0n) is 11.7. The fourth-order valence-corrected chi connectivity index (χ4v) is 3.74. The van der Waals surface area contributed by atoms with Gasteiger partial charge in [0, 0.05) is 11.6 Å². The van der Waals surface area contributed by atoms with Crippen LogP contribution in [0, 0.1) is 11.7 Å². The summed E-state index contributed by atoms with van der Waals surface area (Å²) in [6.07, 6.45) is 4.44. The van der Waals surface area contributed by atoms with E-state index in [0.29, 0.717) is 6.42 Å². The van der Waals surface area contributed by atoms with Gasteiger partial charge in [0.1, 0.15) is 11.9 Å². The van der Waals surface area contributed by atoms with Crippen LogP contribution in [-0.4, -0.2) is 34.0 Å². The molecule has 0 aromatic heterocycles. The number of nitrogens with zero attached hydrogens (tertiary/aromatic N) is 1. The van der Waals surface area contributed by atoms with Crippen LogP contribution in [0.3, 0.4) is 0 Å². The molecule has 1 aliphatic heterocycles. The van der Waals surface area contributed by atoms with Crippen molar-refractivity contribution in [1.29, 1.82) is 0 Å². The van der Waals surface area contributed by atoms with Gasteiger partial charge in [-0.25, -0.2) is 9.18 Å². The van der Waals surface area contributed by atoms with E-state index in [9.17, 15) is 19.1 Å². The van der Waals surface area contributed by atoms with E-state index in [2.05, 4.69) is 0 Å². The Hall–Kier alpha value is -1.91. The van der Waals surface area contributed by atoms with Crippen molar-refractivity contribution in [1.82, 2.24) is 4.90 Å². The number of rotatable bonds is 2. The number of halogens is 1. The van der Waals surface area contributed by atoms with E-state index in [1.807, 2.05) is 0 Å². The minimum absolute atomic E-state index is 0.0179. The maximum Gasteiger partial charge on any atom is 0.326 e. The van der Waals surface area contributed by atoms with Crippen LogP contribution in [0.15, 0.2) is 24.3 Å². The molecule has 1 amide bonds. The molecule has 1 heterocycles. The van der Waals surface area contributed by atoms with Crippen molar-refractivity contribution < 1.29 is 19.1 Å². The molecular formula is C16H18FNO3. The van der Waals surface area contributed by atoms with Crippen LogP contribution >= 0.6 is 0 Å². The molecule has 0 radical (unpaired) electrons. The predicted molar refractivity (Wildman–Crippen MR) is 74.4 cm³/mol. The maximum absolute atomic E-state index is 13.3. The van der Waals surface area contributed by atoms with Gasteiger partial charge in [-0.3, -0.25) is 4.79 Å². The fourth-order valence-electron chi connectivity index (χ4n) is 3.74. The third-order valence-corrected chi connectivity index (χ3v) is 4.68. The lowest BCUT2D eigenvalue weighted by atomic mass is 9.84. The van der Waals surface area contributed by atoms with Gasteiger partial charge < -0.3 is 10.0 Å². The standard InChI is InChI=1S/C16H18FNO3/c17-12-6-3-5-11(8-12)15(19)18-13-7-2-1-4-10(13)9-14(18)16(20)21/h3,5-6,8,10,13-14H,1-2,4,7,9H2,(H,20,21)/t10-,13+,14+/m1/s1. The lowest BCUT2D eigenvalue weighted by molar-refractivity contribution is -0.141. The second-order valence-corrected chi connectivity index (χ2v) is 5.92. The third kappa shape index (κ3) is 2.52. The number of amides is 1. The molecule has 112 valence electrons. The first kappa shape index (κ1) is 14.0.